The molecule has 0 spiro atoms. The van der Waals surface area contributed by atoms with Gasteiger partial charge in [-0.2, -0.15) is 0 Å². The van der Waals surface area contributed by atoms with Crippen molar-refractivity contribution in [2.24, 2.45) is 5.92 Å². The van der Waals surface area contributed by atoms with Crippen LogP contribution >= 0.6 is 0 Å². The predicted molar refractivity (Wildman–Crippen MR) is 146 cm³/mol. The van der Waals surface area contributed by atoms with E-state index >= 15 is 0 Å². The van der Waals surface area contributed by atoms with Gasteiger partial charge in [0.15, 0.2) is 0 Å². The Morgan fingerprint density at radius 1 is 0.895 bits per heavy atom. The standard InChI is InChI=1S/C29H41N3O6/c1-6-25(22-12-14-24(37-5)15-13-22)26(28(35)31-23(17-33)16-19(2)3)32-27(34)20(4)30-29(36)38-18-21-10-8-7-9-11-21/h7-15,19-20,23,25-26,33H,6,16-18H2,1-5H3,(H,30,36)(H,31,35)(H,32,34)/t20-,23-,25?,26-/m0/s1. The number of methoxy groups -OCH3 is 1. The maximum Gasteiger partial charge on any atom is 0.408 e. The number of alkyl carbamates (subject to hydrolysis) is 1. The van der Waals surface area contributed by atoms with Gasteiger partial charge in [-0.1, -0.05) is 63.2 Å². The van der Waals surface area contributed by atoms with Crippen molar-refractivity contribution in [2.45, 2.75) is 71.2 Å². The number of carbonyl (C=O) groups excluding carboxylic acids is 3. The minimum absolute atomic E-state index is 0.0693. The molecule has 3 amide bonds. The lowest BCUT2D eigenvalue weighted by Gasteiger charge is -2.30. The number of benzene rings is 2. The van der Waals surface area contributed by atoms with E-state index in [4.69, 9.17) is 9.47 Å². The summed E-state index contributed by atoms with van der Waals surface area (Å²) in [5.41, 5.74) is 1.67. The van der Waals surface area contributed by atoms with E-state index in [9.17, 15) is 19.5 Å². The highest BCUT2D eigenvalue weighted by Gasteiger charge is 2.33. The molecule has 1 unspecified atom stereocenters. The van der Waals surface area contributed by atoms with E-state index in [0.29, 0.717) is 18.6 Å². The van der Waals surface area contributed by atoms with Crippen LogP contribution in [0.15, 0.2) is 54.6 Å². The molecule has 0 saturated heterocycles. The summed E-state index contributed by atoms with van der Waals surface area (Å²) >= 11 is 0. The van der Waals surface area contributed by atoms with Crippen molar-refractivity contribution in [1.82, 2.24) is 16.0 Å². The summed E-state index contributed by atoms with van der Waals surface area (Å²) in [5, 5.41) is 18.0. The molecule has 0 bridgehead atoms. The van der Waals surface area contributed by atoms with Crippen molar-refractivity contribution in [3.05, 3.63) is 65.7 Å². The Morgan fingerprint density at radius 2 is 1.55 bits per heavy atom. The van der Waals surface area contributed by atoms with Crippen LogP contribution < -0.4 is 20.7 Å². The van der Waals surface area contributed by atoms with Gasteiger partial charge in [0.2, 0.25) is 11.8 Å². The minimum atomic E-state index is -0.953. The predicted octanol–water partition coefficient (Wildman–Crippen LogP) is 3.51. The first kappa shape index (κ1) is 30.6. The van der Waals surface area contributed by atoms with Crippen LogP contribution in [0.4, 0.5) is 4.79 Å². The SMILES string of the molecule is CCC(c1ccc(OC)cc1)[C@H](NC(=O)[C@H](C)NC(=O)OCc1ccccc1)C(=O)N[C@H](CO)CC(C)C. The van der Waals surface area contributed by atoms with Crippen molar-refractivity contribution in [3.63, 3.8) is 0 Å². The lowest BCUT2D eigenvalue weighted by Crippen LogP contribution is -2.56. The molecule has 9 nitrogen and oxygen atoms in total. The first-order valence-corrected chi connectivity index (χ1v) is 13.0. The Hall–Kier alpha value is -3.59. The van der Waals surface area contributed by atoms with Crippen LogP contribution in [0, 0.1) is 5.92 Å². The van der Waals surface area contributed by atoms with Crippen LogP contribution in [0.2, 0.25) is 0 Å². The third-order valence-corrected chi connectivity index (χ3v) is 6.23. The van der Waals surface area contributed by atoms with Crippen LogP contribution in [-0.4, -0.2) is 54.9 Å². The summed E-state index contributed by atoms with van der Waals surface area (Å²) in [4.78, 5) is 38.9. The topological polar surface area (TPSA) is 126 Å². The smallest absolute Gasteiger partial charge is 0.408 e. The summed E-state index contributed by atoms with van der Waals surface area (Å²) in [6, 6.07) is 14.2. The van der Waals surface area contributed by atoms with Gasteiger partial charge in [-0.05, 0) is 48.9 Å². The second-order valence-electron chi connectivity index (χ2n) is 9.72. The molecular formula is C29H41N3O6. The van der Waals surface area contributed by atoms with Gasteiger partial charge in [0, 0.05) is 5.92 Å². The molecule has 2 aromatic rings. The zero-order valence-electron chi connectivity index (χ0n) is 22.9. The van der Waals surface area contributed by atoms with E-state index in [1.807, 2.05) is 63.2 Å². The second kappa shape index (κ2) is 15.6. The Morgan fingerprint density at radius 3 is 2.11 bits per heavy atom. The average Bonchev–Trinajstić information content (AvgIpc) is 2.91. The number of amides is 3. The molecular weight excluding hydrogens is 486 g/mol. The van der Waals surface area contributed by atoms with Gasteiger partial charge in [0.1, 0.15) is 24.4 Å². The van der Waals surface area contributed by atoms with Crippen LogP contribution in [0.3, 0.4) is 0 Å². The molecule has 0 heterocycles. The molecule has 0 fully saturated rings. The monoisotopic (exact) mass is 527 g/mol. The molecule has 4 atom stereocenters. The quantitative estimate of drug-likeness (QED) is 0.298. The molecule has 0 aromatic heterocycles. The number of aliphatic hydroxyl groups is 1. The fraction of sp³-hybridized carbons (Fsp3) is 0.483. The maximum absolute atomic E-state index is 13.5. The third kappa shape index (κ3) is 9.70. The van der Waals surface area contributed by atoms with Crippen LogP contribution in [0.5, 0.6) is 5.75 Å². The highest BCUT2D eigenvalue weighted by molar-refractivity contribution is 5.91. The average molecular weight is 528 g/mol. The van der Waals surface area contributed by atoms with Gasteiger partial charge in [-0.15, -0.1) is 0 Å². The van der Waals surface area contributed by atoms with Crippen molar-refractivity contribution in [2.75, 3.05) is 13.7 Å². The number of ether oxygens (including phenoxy) is 2. The van der Waals surface area contributed by atoms with Crippen LogP contribution in [0.25, 0.3) is 0 Å². The molecule has 4 N–H and O–H groups in total. The minimum Gasteiger partial charge on any atom is -0.497 e. The molecule has 38 heavy (non-hydrogen) atoms. The van der Waals surface area contributed by atoms with Gasteiger partial charge in [0.25, 0.3) is 0 Å². The molecule has 2 rings (SSSR count). The van der Waals surface area contributed by atoms with E-state index in [-0.39, 0.29) is 25.0 Å². The third-order valence-electron chi connectivity index (χ3n) is 6.23. The van der Waals surface area contributed by atoms with Crippen molar-refractivity contribution in [1.29, 1.82) is 0 Å². The van der Waals surface area contributed by atoms with E-state index < -0.39 is 36.0 Å². The number of nitrogens with one attached hydrogen (secondary N) is 3. The van der Waals surface area contributed by atoms with E-state index in [2.05, 4.69) is 16.0 Å². The summed E-state index contributed by atoms with van der Waals surface area (Å²) in [6.07, 6.45) is 0.407. The summed E-state index contributed by atoms with van der Waals surface area (Å²) in [6.45, 7) is 7.32. The summed E-state index contributed by atoms with van der Waals surface area (Å²) in [7, 11) is 1.58. The molecule has 2 aromatic carbocycles. The number of hydrogen-bond donors (Lipinski definition) is 4. The second-order valence-corrected chi connectivity index (χ2v) is 9.72. The number of aliphatic hydroxyl groups excluding tert-OH is 1. The van der Waals surface area contributed by atoms with Crippen LogP contribution in [-0.2, 0) is 20.9 Å². The van der Waals surface area contributed by atoms with Gasteiger partial charge >= 0.3 is 6.09 Å². The first-order chi connectivity index (χ1) is 18.2. The van der Waals surface area contributed by atoms with Crippen LogP contribution in [0.1, 0.15) is 57.6 Å². The van der Waals surface area contributed by atoms with Crippen molar-refractivity contribution in [3.8, 4) is 5.75 Å². The number of rotatable bonds is 14. The Labute approximate surface area is 225 Å². The highest BCUT2D eigenvalue weighted by Crippen LogP contribution is 2.26. The molecule has 0 aliphatic carbocycles. The van der Waals surface area contributed by atoms with Gasteiger partial charge < -0.3 is 30.5 Å². The van der Waals surface area contributed by atoms with Gasteiger partial charge in [0.05, 0.1) is 19.8 Å². The summed E-state index contributed by atoms with van der Waals surface area (Å²) in [5.74, 6) is -0.355. The molecule has 0 aliphatic rings. The fourth-order valence-electron chi connectivity index (χ4n) is 4.19. The molecule has 0 aliphatic heterocycles. The number of carbonyl (C=O) groups is 3. The lowest BCUT2D eigenvalue weighted by molar-refractivity contribution is -0.131. The highest BCUT2D eigenvalue weighted by atomic mass is 16.5. The van der Waals surface area contributed by atoms with E-state index in [0.717, 1.165) is 11.1 Å². The molecule has 208 valence electrons. The maximum atomic E-state index is 13.5. The Bertz CT molecular complexity index is 1010. The zero-order valence-corrected chi connectivity index (χ0v) is 22.9. The number of hydrogen-bond acceptors (Lipinski definition) is 6. The lowest BCUT2D eigenvalue weighted by atomic mass is 9.88. The normalized spacial score (nSPS) is 14.1. The van der Waals surface area contributed by atoms with E-state index in [1.54, 1.807) is 19.2 Å². The van der Waals surface area contributed by atoms with Gasteiger partial charge in [-0.25, -0.2) is 4.79 Å². The Kier molecular flexibility index (Phi) is 12.6. The first-order valence-electron chi connectivity index (χ1n) is 13.0. The Balaban J connectivity index is 2.16. The molecule has 0 radical (unpaired) electrons. The fourth-order valence-corrected chi connectivity index (χ4v) is 4.19. The van der Waals surface area contributed by atoms with Gasteiger partial charge in [-0.3, -0.25) is 9.59 Å². The summed E-state index contributed by atoms with van der Waals surface area (Å²) < 4.78 is 10.5. The zero-order chi connectivity index (χ0) is 28.1. The molecule has 0 saturated carbocycles. The molecule has 9 heteroatoms. The van der Waals surface area contributed by atoms with Crippen molar-refractivity contribution >= 4 is 17.9 Å². The van der Waals surface area contributed by atoms with E-state index in [1.165, 1.54) is 6.92 Å². The van der Waals surface area contributed by atoms with Crippen molar-refractivity contribution < 1.29 is 29.0 Å². The largest absolute Gasteiger partial charge is 0.497 e.